The summed E-state index contributed by atoms with van der Waals surface area (Å²) in [5.74, 6) is -2.27. The molecule has 0 saturated heterocycles. The number of benzene rings is 1. The van der Waals surface area contributed by atoms with Gasteiger partial charge in [0.2, 0.25) is 0 Å². The molecular weight excluding hydrogens is 266 g/mol. The number of halogens is 2. The number of amides is 1. The molecule has 2 rings (SSSR count). The Bertz CT molecular complexity index is 661. The topological polar surface area (TPSA) is 94.0 Å². The van der Waals surface area contributed by atoms with Gasteiger partial charge in [0.25, 0.3) is 5.91 Å². The summed E-state index contributed by atoms with van der Waals surface area (Å²) in [6, 6.07) is 6.42. The van der Waals surface area contributed by atoms with Crippen LogP contribution in [0, 0.1) is 11.6 Å². The second-order valence-corrected chi connectivity index (χ2v) is 4.10. The zero-order valence-corrected chi connectivity index (χ0v) is 10.4. The first-order valence-electron chi connectivity index (χ1n) is 5.71. The number of pyridine rings is 1. The Morgan fingerprint density at radius 1 is 1.20 bits per heavy atom. The van der Waals surface area contributed by atoms with Crippen molar-refractivity contribution in [2.75, 3.05) is 11.1 Å². The van der Waals surface area contributed by atoms with Gasteiger partial charge < -0.3 is 16.8 Å². The van der Waals surface area contributed by atoms with E-state index < -0.39 is 17.5 Å². The van der Waals surface area contributed by atoms with Crippen LogP contribution < -0.4 is 16.8 Å². The van der Waals surface area contributed by atoms with Crippen molar-refractivity contribution in [3.63, 3.8) is 0 Å². The minimum Gasteiger partial charge on any atom is -0.396 e. The van der Waals surface area contributed by atoms with Crippen molar-refractivity contribution in [2.24, 2.45) is 5.73 Å². The van der Waals surface area contributed by atoms with Crippen LogP contribution in [0.1, 0.15) is 16.1 Å². The highest BCUT2D eigenvalue weighted by Crippen LogP contribution is 2.17. The Labute approximate surface area is 113 Å². The second kappa shape index (κ2) is 5.52. The van der Waals surface area contributed by atoms with Crippen LogP contribution in [0.15, 0.2) is 30.3 Å². The lowest BCUT2D eigenvalue weighted by atomic mass is 10.2. The Kier molecular flexibility index (Phi) is 3.79. The zero-order valence-electron chi connectivity index (χ0n) is 10.4. The van der Waals surface area contributed by atoms with Crippen molar-refractivity contribution in [1.82, 2.24) is 4.98 Å². The molecule has 0 fully saturated rings. The van der Waals surface area contributed by atoms with E-state index in [0.29, 0.717) is 11.3 Å². The van der Waals surface area contributed by atoms with Crippen LogP contribution in [-0.2, 0) is 6.54 Å². The van der Waals surface area contributed by atoms with Gasteiger partial charge in [-0.3, -0.25) is 4.79 Å². The molecule has 0 saturated carbocycles. The van der Waals surface area contributed by atoms with E-state index in [-0.39, 0.29) is 18.1 Å². The van der Waals surface area contributed by atoms with Crippen molar-refractivity contribution >= 4 is 17.4 Å². The smallest absolute Gasteiger partial charge is 0.267 e. The molecule has 0 spiro atoms. The van der Waals surface area contributed by atoms with Crippen LogP contribution in [0.3, 0.4) is 0 Å². The molecule has 20 heavy (non-hydrogen) atoms. The van der Waals surface area contributed by atoms with Gasteiger partial charge in [-0.2, -0.15) is 0 Å². The summed E-state index contributed by atoms with van der Waals surface area (Å²) < 4.78 is 25.8. The van der Waals surface area contributed by atoms with Gasteiger partial charge in [0.05, 0.1) is 5.69 Å². The molecule has 0 aliphatic heterocycles. The summed E-state index contributed by atoms with van der Waals surface area (Å²) in [7, 11) is 0. The van der Waals surface area contributed by atoms with E-state index in [0.717, 1.165) is 12.1 Å². The fraction of sp³-hybridized carbons (Fsp3) is 0.0769. The normalized spacial score (nSPS) is 10.3. The van der Waals surface area contributed by atoms with E-state index in [1.54, 1.807) is 0 Å². The highest BCUT2D eigenvalue weighted by Gasteiger charge is 2.08. The maximum absolute atomic E-state index is 13.0. The van der Waals surface area contributed by atoms with Crippen LogP contribution >= 0.6 is 0 Å². The van der Waals surface area contributed by atoms with Crippen LogP contribution in [0.4, 0.5) is 20.3 Å². The maximum atomic E-state index is 13.0. The van der Waals surface area contributed by atoms with Gasteiger partial charge in [-0.1, -0.05) is 6.07 Å². The quantitative estimate of drug-likeness (QED) is 0.792. The average molecular weight is 278 g/mol. The number of hydrogen-bond acceptors (Lipinski definition) is 4. The predicted molar refractivity (Wildman–Crippen MR) is 70.9 cm³/mol. The SMILES string of the molecule is NC(=O)c1ccc(N)c(NCc2ccc(F)c(F)c2)n1. The van der Waals surface area contributed by atoms with Crippen molar-refractivity contribution in [3.8, 4) is 0 Å². The first kappa shape index (κ1) is 13.7. The Balaban J connectivity index is 2.15. The molecule has 1 heterocycles. The molecule has 0 atom stereocenters. The number of rotatable bonds is 4. The van der Waals surface area contributed by atoms with E-state index in [1.165, 1.54) is 18.2 Å². The maximum Gasteiger partial charge on any atom is 0.267 e. The number of nitrogens with zero attached hydrogens (tertiary/aromatic N) is 1. The Morgan fingerprint density at radius 2 is 1.95 bits per heavy atom. The summed E-state index contributed by atoms with van der Waals surface area (Å²) in [6.45, 7) is 0.177. The molecule has 1 aromatic carbocycles. The third-order valence-electron chi connectivity index (χ3n) is 2.62. The van der Waals surface area contributed by atoms with E-state index in [2.05, 4.69) is 10.3 Å². The molecule has 0 radical (unpaired) electrons. The van der Waals surface area contributed by atoms with Crippen LogP contribution in [-0.4, -0.2) is 10.9 Å². The molecule has 0 aliphatic rings. The fourth-order valence-electron chi connectivity index (χ4n) is 1.58. The molecule has 5 nitrogen and oxygen atoms in total. The summed E-state index contributed by atoms with van der Waals surface area (Å²) in [5, 5.41) is 2.84. The van der Waals surface area contributed by atoms with Crippen molar-refractivity contribution in [1.29, 1.82) is 0 Å². The van der Waals surface area contributed by atoms with Crippen molar-refractivity contribution in [2.45, 2.75) is 6.54 Å². The van der Waals surface area contributed by atoms with Crippen LogP contribution in [0.25, 0.3) is 0 Å². The number of hydrogen-bond donors (Lipinski definition) is 3. The van der Waals surface area contributed by atoms with Gasteiger partial charge in [-0.05, 0) is 29.8 Å². The number of nitrogens with two attached hydrogens (primary N) is 2. The molecule has 7 heteroatoms. The third kappa shape index (κ3) is 3.00. The first-order valence-corrected chi connectivity index (χ1v) is 5.71. The summed E-state index contributed by atoms with van der Waals surface area (Å²) in [4.78, 5) is 15.0. The highest BCUT2D eigenvalue weighted by molar-refractivity contribution is 5.91. The van der Waals surface area contributed by atoms with Gasteiger partial charge >= 0.3 is 0 Å². The number of carbonyl (C=O) groups excluding carboxylic acids is 1. The lowest BCUT2D eigenvalue weighted by Gasteiger charge is -2.09. The molecule has 104 valence electrons. The van der Waals surface area contributed by atoms with Crippen molar-refractivity contribution in [3.05, 3.63) is 53.2 Å². The summed E-state index contributed by atoms with van der Waals surface area (Å²) >= 11 is 0. The number of nitrogens with one attached hydrogen (secondary N) is 1. The van der Waals surface area contributed by atoms with Gasteiger partial charge in [0.1, 0.15) is 11.5 Å². The minimum atomic E-state index is -0.934. The van der Waals surface area contributed by atoms with Crippen LogP contribution in [0.2, 0.25) is 0 Å². The highest BCUT2D eigenvalue weighted by atomic mass is 19.2. The second-order valence-electron chi connectivity index (χ2n) is 4.10. The third-order valence-corrected chi connectivity index (χ3v) is 2.62. The molecule has 2 aromatic rings. The number of nitrogen functional groups attached to an aromatic ring is 1. The fourth-order valence-corrected chi connectivity index (χ4v) is 1.58. The average Bonchev–Trinajstić information content (AvgIpc) is 2.41. The summed E-state index contributed by atoms with van der Waals surface area (Å²) in [6.07, 6.45) is 0. The Morgan fingerprint density at radius 3 is 2.60 bits per heavy atom. The zero-order chi connectivity index (χ0) is 14.7. The molecular formula is C13H12F2N4O. The predicted octanol–water partition coefficient (Wildman–Crippen LogP) is 1.65. The molecule has 5 N–H and O–H groups in total. The standard InChI is InChI=1S/C13H12F2N4O/c14-8-2-1-7(5-9(8)15)6-18-13-10(16)3-4-11(19-13)12(17)20/h1-5H,6,16H2,(H2,17,20)(H,18,19). The number of anilines is 2. The lowest BCUT2D eigenvalue weighted by molar-refractivity contribution is 0.0996. The van der Waals surface area contributed by atoms with E-state index in [1.807, 2.05) is 0 Å². The molecule has 1 aromatic heterocycles. The number of aromatic nitrogens is 1. The summed E-state index contributed by atoms with van der Waals surface area (Å²) in [5.41, 5.74) is 11.7. The number of carbonyl (C=O) groups is 1. The van der Waals surface area contributed by atoms with E-state index in [4.69, 9.17) is 11.5 Å². The molecule has 1 amide bonds. The van der Waals surface area contributed by atoms with E-state index >= 15 is 0 Å². The van der Waals surface area contributed by atoms with Gasteiger partial charge in [-0.15, -0.1) is 0 Å². The first-order chi connectivity index (χ1) is 9.47. The molecule has 0 bridgehead atoms. The van der Waals surface area contributed by atoms with E-state index in [9.17, 15) is 13.6 Å². The monoisotopic (exact) mass is 278 g/mol. The molecule has 0 aliphatic carbocycles. The van der Waals surface area contributed by atoms with Gasteiger partial charge in [-0.25, -0.2) is 13.8 Å². The van der Waals surface area contributed by atoms with Gasteiger partial charge in [0, 0.05) is 6.54 Å². The minimum absolute atomic E-state index is 0.0620. The van der Waals surface area contributed by atoms with Crippen molar-refractivity contribution < 1.29 is 13.6 Å². The largest absolute Gasteiger partial charge is 0.396 e. The van der Waals surface area contributed by atoms with Gasteiger partial charge in [0.15, 0.2) is 11.6 Å². The number of primary amides is 1. The lowest BCUT2D eigenvalue weighted by Crippen LogP contribution is -2.15. The molecule has 0 unspecified atom stereocenters. The van der Waals surface area contributed by atoms with Crippen LogP contribution in [0.5, 0.6) is 0 Å². The Hall–Kier alpha value is -2.70.